The van der Waals surface area contributed by atoms with Gasteiger partial charge in [0.1, 0.15) is 0 Å². The molecule has 34 heavy (non-hydrogen) atoms. The van der Waals surface area contributed by atoms with Crippen LogP contribution in [0.4, 0.5) is 25.1 Å². The number of hydrogen-bond donors (Lipinski definition) is 2. The summed E-state index contributed by atoms with van der Waals surface area (Å²) in [6.07, 6.45) is -2.72. The van der Waals surface area contributed by atoms with Gasteiger partial charge in [0.15, 0.2) is 5.82 Å². The lowest BCUT2D eigenvalue weighted by Crippen LogP contribution is -2.37. The number of carbonyl (C=O) groups is 1. The molecule has 0 bridgehead atoms. The Balaban J connectivity index is 1.31. The van der Waals surface area contributed by atoms with Gasteiger partial charge < -0.3 is 16.0 Å². The summed E-state index contributed by atoms with van der Waals surface area (Å²) in [7, 11) is 0. The number of rotatable bonds is 6. The molecule has 2 heterocycles. The number of carbonyl (C=O) groups excluding carboxylic acids is 1. The van der Waals surface area contributed by atoms with Crippen LogP contribution in [0.5, 0.6) is 0 Å². The zero-order chi connectivity index (χ0) is 24.1. The van der Waals surface area contributed by atoms with E-state index in [0.29, 0.717) is 24.9 Å². The first-order chi connectivity index (χ1) is 16.3. The van der Waals surface area contributed by atoms with Gasteiger partial charge in [0, 0.05) is 31.6 Å². The summed E-state index contributed by atoms with van der Waals surface area (Å²) in [5.74, 6) is 1.01. The molecule has 1 aromatic heterocycles. The fourth-order valence-corrected chi connectivity index (χ4v) is 4.05. The van der Waals surface area contributed by atoms with Crippen molar-refractivity contribution in [3.05, 3.63) is 65.7 Å². The topological polar surface area (TPSA) is 97.0 Å². The van der Waals surface area contributed by atoms with Gasteiger partial charge in [-0.1, -0.05) is 48.5 Å². The summed E-state index contributed by atoms with van der Waals surface area (Å²) in [4.78, 5) is 27.5. The third-order valence-corrected chi connectivity index (χ3v) is 5.84. The summed E-state index contributed by atoms with van der Waals surface area (Å²) >= 11 is 0. The van der Waals surface area contributed by atoms with Crippen LogP contribution in [0.15, 0.2) is 54.6 Å². The van der Waals surface area contributed by atoms with E-state index in [1.165, 1.54) is 18.2 Å². The van der Waals surface area contributed by atoms with Crippen LogP contribution >= 0.6 is 0 Å². The van der Waals surface area contributed by atoms with Crippen LogP contribution < -0.4 is 16.0 Å². The second-order valence-electron chi connectivity index (χ2n) is 8.25. The van der Waals surface area contributed by atoms with Crippen molar-refractivity contribution in [1.29, 1.82) is 0 Å². The number of hydrogen-bond acceptors (Lipinski definition) is 6. The summed E-state index contributed by atoms with van der Waals surface area (Å²) in [6.45, 7) is 1.14. The van der Waals surface area contributed by atoms with E-state index in [0.717, 1.165) is 24.5 Å². The maximum atomic E-state index is 13.1. The number of nitrogen functional groups attached to an aromatic ring is 1. The van der Waals surface area contributed by atoms with Crippen molar-refractivity contribution in [1.82, 2.24) is 20.3 Å². The van der Waals surface area contributed by atoms with Crippen LogP contribution in [0.25, 0.3) is 11.4 Å². The predicted octanol–water partition coefficient (Wildman–Crippen LogP) is 4.06. The monoisotopic (exact) mass is 470 g/mol. The Bertz CT molecular complexity index is 1130. The second-order valence-corrected chi connectivity index (χ2v) is 8.25. The van der Waals surface area contributed by atoms with E-state index < -0.39 is 11.7 Å². The Morgan fingerprint density at radius 3 is 2.38 bits per heavy atom. The van der Waals surface area contributed by atoms with E-state index in [-0.39, 0.29) is 36.3 Å². The van der Waals surface area contributed by atoms with Gasteiger partial charge in [0.05, 0.1) is 5.56 Å². The summed E-state index contributed by atoms with van der Waals surface area (Å²) in [5.41, 5.74) is 6.08. The van der Waals surface area contributed by atoms with Crippen molar-refractivity contribution in [3.63, 3.8) is 0 Å². The van der Waals surface area contributed by atoms with E-state index in [4.69, 9.17) is 5.73 Å². The lowest BCUT2D eigenvalue weighted by atomic mass is 9.93. The first kappa shape index (κ1) is 23.5. The van der Waals surface area contributed by atoms with Crippen molar-refractivity contribution >= 4 is 17.8 Å². The Morgan fingerprint density at radius 2 is 1.68 bits per heavy atom. The molecule has 7 nitrogen and oxygen atoms in total. The lowest BCUT2D eigenvalue weighted by Gasteiger charge is -2.31. The van der Waals surface area contributed by atoms with Crippen LogP contribution in [0, 0.1) is 5.92 Å². The molecule has 178 valence electrons. The number of nitrogens with two attached hydrogens (primary N) is 1. The highest BCUT2D eigenvalue weighted by atomic mass is 19.4. The second kappa shape index (κ2) is 10.1. The van der Waals surface area contributed by atoms with E-state index in [9.17, 15) is 18.0 Å². The molecular formula is C24H25F3N6O. The number of halogens is 3. The maximum absolute atomic E-state index is 13.1. The molecule has 1 saturated heterocycles. The minimum absolute atomic E-state index is 0.0554. The van der Waals surface area contributed by atoms with Gasteiger partial charge in [0.2, 0.25) is 17.8 Å². The van der Waals surface area contributed by atoms with Crippen LogP contribution in [-0.4, -0.2) is 33.9 Å². The Kier molecular flexibility index (Phi) is 6.95. The number of benzene rings is 2. The lowest BCUT2D eigenvalue weighted by molar-refractivity contribution is -0.138. The number of alkyl halides is 3. The highest BCUT2D eigenvalue weighted by Crippen LogP contribution is 2.32. The molecule has 2 aromatic carbocycles. The quantitative estimate of drug-likeness (QED) is 0.564. The first-order valence-corrected chi connectivity index (χ1v) is 11.0. The Hall–Kier alpha value is -3.69. The SMILES string of the molecule is Nc1nc(-c2ccccc2)nc(N2CCC(CC(=O)NCc3ccccc3C(F)(F)F)CC2)n1. The average Bonchev–Trinajstić information content (AvgIpc) is 2.83. The zero-order valence-corrected chi connectivity index (χ0v) is 18.4. The molecule has 0 radical (unpaired) electrons. The van der Waals surface area contributed by atoms with Crippen LogP contribution in [0.1, 0.15) is 30.4 Å². The van der Waals surface area contributed by atoms with E-state index in [1.54, 1.807) is 0 Å². The van der Waals surface area contributed by atoms with Crippen molar-refractivity contribution < 1.29 is 18.0 Å². The molecule has 3 aromatic rings. The molecule has 10 heteroatoms. The third kappa shape index (κ3) is 5.81. The normalized spacial score (nSPS) is 14.7. The molecule has 1 aliphatic rings. The molecule has 4 rings (SSSR count). The molecule has 0 saturated carbocycles. The molecule has 0 atom stereocenters. The maximum Gasteiger partial charge on any atom is 0.416 e. The molecule has 0 aliphatic carbocycles. The van der Waals surface area contributed by atoms with Gasteiger partial charge >= 0.3 is 6.18 Å². The first-order valence-electron chi connectivity index (χ1n) is 11.0. The van der Waals surface area contributed by atoms with Gasteiger partial charge in [0.25, 0.3) is 0 Å². The van der Waals surface area contributed by atoms with Crippen molar-refractivity contribution in [2.45, 2.75) is 32.0 Å². The van der Waals surface area contributed by atoms with Crippen LogP contribution in [0.2, 0.25) is 0 Å². The number of nitrogens with one attached hydrogen (secondary N) is 1. The van der Waals surface area contributed by atoms with Crippen LogP contribution in [-0.2, 0) is 17.5 Å². The minimum atomic E-state index is -4.45. The molecule has 1 fully saturated rings. The third-order valence-electron chi connectivity index (χ3n) is 5.84. The zero-order valence-electron chi connectivity index (χ0n) is 18.4. The number of amides is 1. The molecule has 1 aliphatic heterocycles. The standard InChI is InChI=1S/C24H25F3N6O/c25-24(26,27)19-9-5-4-8-18(19)15-29-20(34)14-16-10-12-33(13-11-16)23-31-21(30-22(28)32-23)17-6-2-1-3-7-17/h1-9,16H,10-15H2,(H,29,34)(H2,28,30,31,32). The van der Waals surface area contributed by atoms with Crippen molar-refractivity contribution in [2.24, 2.45) is 5.92 Å². The average molecular weight is 470 g/mol. The van der Waals surface area contributed by atoms with Crippen molar-refractivity contribution in [2.75, 3.05) is 23.7 Å². The van der Waals surface area contributed by atoms with Gasteiger partial charge in [-0.3, -0.25) is 4.79 Å². The minimum Gasteiger partial charge on any atom is -0.368 e. The fourth-order valence-electron chi connectivity index (χ4n) is 4.05. The van der Waals surface area contributed by atoms with E-state index in [1.807, 2.05) is 35.2 Å². The molecule has 0 unspecified atom stereocenters. The smallest absolute Gasteiger partial charge is 0.368 e. The van der Waals surface area contributed by atoms with Gasteiger partial charge in [-0.25, -0.2) is 0 Å². The van der Waals surface area contributed by atoms with E-state index >= 15 is 0 Å². The van der Waals surface area contributed by atoms with E-state index in [2.05, 4.69) is 20.3 Å². The van der Waals surface area contributed by atoms with Gasteiger partial charge in [-0.2, -0.15) is 28.1 Å². The number of piperidine rings is 1. The van der Waals surface area contributed by atoms with Gasteiger partial charge in [-0.15, -0.1) is 0 Å². The predicted molar refractivity (Wildman–Crippen MR) is 123 cm³/mol. The summed E-state index contributed by atoms with van der Waals surface area (Å²) in [6, 6.07) is 14.8. The molecule has 1 amide bonds. The van der Waals surface area contributed by atoms with Crippen molar-refractivity contribution in [3.8, 4) is 11.4 Å². The summed E-state index contributed by atoms with van der Waals surface area (Å²) < 4.78 is 39.4. The molecule has 3 N–H and O–H groups in total. The number of anilines is 2. The van der Waals surface area contributed by atoms with Gasteiger partial charge in [-0.05, 0) is 30.4 Å². The number of aromatic nitrogens is 3. The molecule has 0 spiro atoms. The Labute approximate surface area is 195 Å². The summed E-state index contributed by atoms with van der Waals surface area (Å²) in [5, 5.41) is 2.63. The number of nitrogens with zero attached hydrogens (tertiary/aromatic N) is 4. The van der Waals surface area contributed by atoms with Crippen LogP contribution in [0.3, 0.4) is 0 Å². The fraction of sp³-hybridized carbons (Fsp3) is 0.333. The highest BCUT2D eigenvalue weighted by molar-refractivity contribution is 5.76. The largest absolute Gasteiger partial charge is 0.416 e. The molecular weight excluding hydrogens is 445 g/mol. The highest BCUT2D eigenvalue weighted by Gasteiger charge is 2.33. The Morgan fingerprint density at radius 1 is 1.00 bits per heavy atom.